The quantitative estimate of drug-likeness (QED) is 0.636. The molecular weight excluding hydrogens is 296 g/mol. The molecule has 22 heavy (non-hydrogen) atoms. The van der Waals surface area contributed by atoms with Gasteiger partial charge >= 0.3 is 0 Å². The van der Waals surface area contributed by atoms with E-state index in [1.54, 1.807) is 25.1 Å². The number of amides is 1. The molecule has 0 aliphatic heterocycles. The highest BCUT2D eigenvalue weighted by Gasteiger charge is 2.05. The zero-order chi connectivity index (χ0) is 15.8. The molecule has 0 saturated heterocycles. The minimum Gasteiger partial charge on any atom is -0.507 e. The van der Waals surface area contributed by atoms with Crippen LogP contribution in [-0.4, -0.2) is 22.5 Å². The van der Waals surface area contributed by atoms with Gasteiger partial charge in [-0.1, -0.05) is 42.5 Å². The maximum absolute atomic E-state index is 11.8. The van der Waals surface area contributed by atoms with Crippen molar-refractivity contribution in [2.24, 2.45) is 5.10 Å². The van der Waals surface area contributed by atoms with Crippen LogP contribution in [0.2, 0.25) is 0 Å². The van der Waals surface area contributed by atoms with Gasteiger partial charge < -0.3 is 5.11 Å². The molecule has 0 saturated carbocycles. The molecule has 2 aromatic carbocycles. The second-order valence-corrected chi connectivity index (χ2v) is 5.71. The summed E-state index contributed by atoms with van der Waals surface area (Å²) in [4.78, 5) is 11.8. The van der Waals surface area contributed by atoms with Crippen molar-refractivity contribution >= 4 is 23.4 Å². The number of phenols is 1. The largest absolute Gasteiger partial charge is 0.507 e. The monoisotopic (exact) mass is 314 g/mol. The van der Waals surface area contributed by atoms with Gasteiger partial charge in [0, 0.05) is 11.3 Å². The van der Waals surface area contributed by atoms with E-state index in [1.807, 2.05) is 36.4 Å². The molecule has 114 valence electrons. The number of hydrazone groups is 1. The lowest BCUT2D eigenvalue weighted by molar-refractivity contribution is -0.118. The maximum atomic E-state index is 11.8. The lowest BCUT2D eigenvalue weighted by Crippen LogP contribution is -2.21. The molecular formula is C17H18N2O2S. The number of benzene rings is 2. The molecule has 0 aliphatic carbocycles. The summed E-state index contributed by atoms with van der Waals surface area (Å²) < 4.78 is 0. The third kappa shape index (κ3) is 4.93. The molecule has 2 rings (SSSR count). The predicted octanol–water partition coefficient (Wildman–Crippen LogP) is 3.17. The first-order valence-corrected chi connectivity index (χ1v) is 8.05. The Morgan fingerprint density at radius 3 is 2.55 bits per heavy atom. The highest BCUT2D eigenvalue weighted by Crippen LogP contribution is 2.16. The van der Waals surface area contributed by atoms with Crippen molar-refractivity contribution in [2.45, 2.75) is 12.7 Å². The molecule has 1 amide bonds. The number of rotatable bonds is 6. The Hall–Kier alpha value is -2.27. The fourth-order valence-corrected chi connectivity index (χ4v) is 2.63. The first-order chi connectivity index (χ1) is 10.7. The summed E-state index contributed by atoms with van der Waals surface area (Å²) in [6, 6.07) is 16.9. The van der Waals surface area contributed by atoms with Crippen LogP contribution in [0.15, 0.2) is 59.7 Å². The fourth-order valence-electron chi connectivity index (χ4n) is 1.85. The Morgan fingerprint density at radius 1 is 1.14 bits per heavy atom. The van der Waals surface area contributed by atoms with Crippen LogP contribution in [-0.2, 0) is 10.5 Å². The molecule has 0 spiro atoms. The summed E-state index contributed by atoms with van der Waals surface area (Å²) in [6.07, 6.45) is 0. The molecule has 2 aromatic rings. The Labute approximate surface area is 134 Å². The number of aromatic hydroxyl groups is 1. The molecule has 0 atom stereocenters. The second kappa shape index (κ2) is 8.24. The van der Waals surface area contributed by atoms with Crippen molar-refractivity contribution in [1.82, 2.24) is 5.43 Å². The van der Waals surface area contributed by atoms with Gasteiger partial charge in [0.1, 0.15) is 5.75 Å². The van der Waals surface area contributed by atoms with Crippen LogP contribution in [0.3, 0.4) is 0 Å². The zero-order valence-corrected chi connectivity index (χ0v) is 13.1. The van der Waals surface area contributed by atoms with Gasteiger partial charge in [-0.15, -0.1) is 11.8 Å². The number of hydrogen-bond acceptors (Lipinski definition) is 4. The van der Waals surface area contributed by atoms with Gasteiger partial charge in [-0.05, 0) is 24.6 Å². The zero-order valence-electron chi connectivity index (χ0n) is 12.3. The van der Waals surface area contributed by atoms with Gasteiger partial charge in [-0.2, -0.15) is 5.10 Å². The number of nitrogens with one attached hydrogen (secondary N) is 1. The van der Waals surface area contributed by atoms with E-state index in [0.717, 1.165) is 5.75 Å². The molecule has 0 radical (unpaired) electrons. The summed E-state index contributed by atoms with van der Waals surface area (Å²) in [5.74, 6) is 1.12. The third-order valence-corrected chi connectivity index (χ3v) is 3.99. The number of phenolic OH excluding ortho intramolecular Hbond substituents is 1. The van der Waals surface area contributed by atoms with Gasteiger partial charge in [-0.3, -0.25) is 4.79 Å². The van der Waals surface area contributed by atoms with Crippen LogP contribution in [0.5, 0.6) is 5.75 Å². The van der Waals surface area contributed by atoms with Crippen LogP contribution in [0.25, 0.3) is 0 Å². The topological polar surface area (TPSA) is 61.7 Å². The van der Waals surface area contributed by atoms with Gasteiger partial charge in [-0.25, -0.2) is 5.43 Å². The Morgan fingerprint density at radius 2 is 1.82 bits per heavy atom. The lowest BCUT2D eigenvalue weighted by Gasteiger charge is -2.05. The maximum Gasteiger partial charge on any atom is 0.250 e. The standard InChI is InChI=1S/C17H18N2O2S/c1-13(15-9-5-6-10-16(15)20)18-19-17(21)12-22-11-14-7-3-2-4-8-14/h2-10,20H,11-12H2,1H3,(H,19,21). The summed E-state index contributed by atoms with van der Waals surface area (Å²) >= 11 is 1.53. The van der Waals surface area contributed by atoms with Gasteiger partial charge in [0.25, 0.3) is 0 Å². The average Bonchev–Trinajstić information content (AvgIpc) is 2.54. The number of carbonyl (C=O) groups is 1. The van der Waals surface area contributed by atoms with E-state index < -0.39 is 0 Å². The molecule has 5 heteroatoms. The van der Waals surface area contributed by atoms with E-state index in [2.05, 4.69) is 10.5 Å². The van der Waals surface area contributed by atoms with E-state index in [4.69, 9.17) is 0 Å². The van der Waals surface area contributed by atoms with Crippen molar-refractivity contribution in [3.05, 3.63) is 65.7 Å². The van der Waals surface area contributed by atoms with Crippen LogP contribution in [0, 0.1) is 0 Å². The van der Waals surface area contributed by atoms with Gasteiger partial charge in [0.05, 0.1) is 11.5 Å². The Balaban J connectivity index is 1.80. The molecule has 0 aliphatic rings. The molecule has 0 bridgehead atoms. The van der Waals surface area contributed by atoms with Crippen molar-refractivity contribution in [2.75, 3.05) is 5.75 Å². The van der Waals surface area contributed by atoms with Crippen molar-refractivity contribution < 1.29 is 9.90 Å². The van der Waals surface area contributed by atoms with Gasteiger partial charge in [0.15, 0.2) is 0 Å². The molecule has 4 nitrogen and oxygen atoms in total. The van der Waals surface area contributed by atoms with Crippen LogP contribution in [0.1, 0.15) is 18.1 Å². The highest BCUT2D eigenvalue weighted by molar-refractivity contribution is 7.99. The first-order valence-electron chi connectivity index (χ1n) is 6.90. The summed E-state index contributed by atoms with van der Waals surface area (Å²) in [7, 11) is 0. The highest BCUT2D eigenvalue weighted by atomic mass is 32.2. The number of hydrogen-bond donors (Lipinski definition) is 2. The van der Waals surface area contributed by atoms with Crippen LogP contribution in [0.4, 0.5) is 0 Å². The van der Waals surface area contributed by atoms with E-state index in [0.29, 0.717) is 17.0 Å². The Bertz CT molecular complexity index is 657. The van der Waals surface area contributed by atoms with E-state index in [-0.39, 0.29) is 11.7 Å². The lowest BCUT2D eigenvalue weighted by atomic mass is 10.1. The molecule has 0 heterocycles. The predicted molar refractivity (Wildman–Crippen MR) is 91.1 cm³/mol. The summed E-state index contributed by atoms with van der Waals surface area (Å²) in [5, 5.41) is 13.7. The normalized spacial score (nSPS) is 11.2. The number of para-hydroxylation sites is 1. The SMILES string of the molecule is CC(=NNC(=O)CSCc1ccccc1)c1ccccc1O. The molecule has 0 fully saturated rings. The Kier molecular flexibility index (Phi) is 6.03. The fraction of sp³-hybridized carbons (Fsp3) is 0.176. The summed E-state index contributed by atoms with van der Waals surface area (Å²) in [6.45, 7) is 1.74. The molecule has 0 unspecified atom stereocenters. The van der Waals surface area contributed by atoms with Gasteiger partial charge in [0.2, 0.25) is 5.91 Å². The van der Waals surface area contributed by atoms with E-state index in [9.17, 15) is 9.90 Å². The summed E-state index contributed by atoms with van der Waals surface area (Å²) in [5.41, 5.74) is 4.88. The number of nitrogens with zero attached hydrogens (tertiary/aromatic N) is 1. The minimum absolute atomic E-state index is 0.149. The second-order valence-electron chi connectivity index (χ2n) is 4.73. The van der Waals surface area contributed by atoms with Crippen molar-refractivity contribution in [3.63, 3.8) is 0 Å². The molecule has 2 N–H and O–H groups in total. The minimum atomic E-state index is -0.157. The third-order valence-electron chi connectivity index (χ3n) is 2.99. The van der Waals surface area contributed by atoms with Crippen molar-refractivity contribution in [3.8, 4) is 5.75 Å². The number of thioether (sulfide) groups is 1. The average molecular weight is 314 g/mol. The van der Waals surface area contributed by atoms with Crippen LogP contribution < -0.4 is 5.43 Å². The van der Waals surface area contributed by atoms with E-state index >= 15 is 0 Å². The molecule has 0 aromatic heterocycles. The number of carbonyl (C=O) groups excluding carboxylic acids is 1. The smallest absolute Gasteiger partial charge is 0.250 e. The van der Waals surface area contributed by atoms with E-state index in [1.165, 1.54) is 17.3 Å². The van der Waals surface area contributed by atoms with Crippen LogP contribution >= 0.6 is 11.8 Å². The van der Waals surface area contributed by atoms with Crippen molar-refractivity contribution in [1.29, 1.82) is 0 Å². The first kappa shape index (κ1) is 16.1.